The standard InChI is InChI=1S/C10H11ClFN/c11-5-1-2-8-3-4-9(7-13)10(12)6-8/h1-4,6H,5,7,13H2. The van der Waals surface area contributed by atoms with Crippen molar-refractivity contribution in [2.24, 2.45) is 5.73 Å². The fraction of sp³-hybridized carbons (Fsp3) is 0.200. The first kappa shape index (κ1) is 10.2. The van der Waals surface area contributed by atoms with Gasteiger partial charge in [0.1, 0.15) is 5.82 Å². The molecule has 0 aliphatic carbocycles. The molecule has 0 saturated carbocycles. The third kappa shape index (κ3) is 2.83. The summed E-state index contributed by atoms with van der Waals surface area (Å²) in [6.45, 7) is 0.228. The summed E-state index contributed by atoms with van der Waals surface area (Å²) in [5.41, 5.74) is 6.65. The second-order valence-corrected chi connectivity index (χ2v) is 2.92. The summed E-state index contributed by atoms with van der Waals surface area (Å²) < 4.78 is 13.1. The van der Waals surface area contributed by atoms with E-state index in [9.17, 15) is 4.39 Å². The van der Waals surface area contributed by atoms with Crippen molar-refractivity contribution in [3.8, 4) is 0 Å². The minimum absolute atomic E-state index is 0.228. The predicted octanol–water partition coefficient (Wildman–Crippen LogP) is 2.54. The molecule has 3 heteroatoms. The van der Waals surface area contributed by atoms with Crippen LogP contribution in [0.5, 0.6) is 0 Å². The maximum absolute atomic E-state index is 13.1. The summed E-state index contributed by atoms with van der Waals surface area (Å²) in [4.78, 5) is 0. The van der Waals surface area contributed by atoms with Crippen molar-refractivity contribution < 1.29 is 4.39 Å². The Morgan fingerprint density at radius 2 is 2.23 bits per heavy atom. The second kappa shape index (κ2) is 5.00. The molecule has 1 rings (SSSR count). The third-order valence-electron chi connectivity index (χ3n) is 1.70. The van der Waals surface area contributed by atoms with Crippen molar-refractivity contribution in [1.29, 1.82) is 0 Å². The molecule has 0 aliphatic rings. The van der Waals surface area contributed by atoms with Crippen LogP contribution >= 0.6 is 11.6 Å². The quantitative estimate of drug-likeness (QED) is 0.744. The van der Waals surface area contributed by atoms with Gasteiger partial charge in [-0.15, -0.1) is 11.6 Å². The van der Waals surface area contributed by atoms with Gasteiger partial charge in [0.2, 0.25) is 0 Å². The van der Waals surface area contributed by atoms with Gasteiger partial charge >= 0.3 is 0 Å². The van der Waals surface area contributed by atoms with Gasteiger partial charge in [0.15, 0.2) is 0 Å². The molecule has 0 bridgehead atoms. The summed E-state index contributed by atoms with van der Waals surface area (Å²) in [7, 11) is 0. The van der Waals surface area contributed by atoms with Crippen molar-refractivity contribution in [2.75, 3.05) is 5.88 Å². The van der Waals surface area contributed by atoms with E-state index in [4.69, 9.17) is 17.3 Å². The highest BCUT2D eigenvalue weighted by atomic mass is 35.5. The monoisotopic (exact) mass is 199 g/mol. The average molecular weight is 200 g/mol. The van der Waals surface area contributed by atoms with Gasteiger partial charge in [0.25, 0.3) is 0 Å². The fourth-order valence-corrected chi connectivity index (χ4v) is 1.10. The second-order valence-electron chi connectivity index (χ2n) is 2.61. The van der Waals surface area contributed by atoms with E-state index >= 15 is 0 Å². The molecule has 0 heterocycles. The number of hydrogen-bond donors (Lipinski definition) is 1. The zero-order valence-electron chi connectivity index (χ0n) is 7.13. The Labute approximate surface area is 82.0 Å². The summed E-state index contributed by atoms with van der Waals surface area (Å²) in [6, 6.07) is 4.95. The van der Waals surface area contributed by atoms with Crippen LogP contribution in [0.2, 0.25) is 0 Å². The molecule has 0 radical (unpaired) electrons. The summed E-state index contributed by atoms with van der Waals surface area (Å²) in [5.74, 6) is 0.166. The number of allylic oxidation sites excluding steroid dienone is 1. The smallest absolute Gasteiger partial charge is 0.128 e. The molecule has 0 aliphatic heterocycles. The number of rotatable bonds is 3. The topological polar surface area (TPSA) is 26.0 Å². The Balaban J connectivity index is 2.89. The van der Waals surface area contributed by atoms with Crippen LogP contribution in [0.4, 0.5) is 4.39 Å². The highest BCUT2D eigenvalue weighted by molar-refractivity contribution is 6.19. The van der Waals surface area contributed by atoms with Crippen molar-refractivity contribution in [2.45, 2.75) is 6.54 Å². The molecule has 0 unspecified atom stereocenters. The lowest BCUT2D eigenvalue weighted by molar-refractivity contribution is 0.610. The van der Waals surface area contributed by atoms with Crippen LogP contribution in [0.3, 0.4) is 0 Å². The van der Waals surface area contributed by atoms with Crippen LogP contribution < -0.4 is 5.73 Å². The molecule has 1 aromatic carbocycles. The van der Waals surface area contributed by atoms with Crippen LogP contribution in [0.1, 0.15) is 11.1 Å². The van der Waals surface area contributed by atoms with E-state index in [0.717, 1.165) is 5.56 Å². The van der Waals surface area contributed by atoms with Gasteiger partial charge in [-0.2, -0.15) is 0 Å². The van der Waals surface area contributed by atoms with E-state index in [-0.39, 0.29) is 12.4 Å². The zero-order valence-corrected chi connectivity index (χ0v) is 7.89. The molecule has 13 heavy (non-hydrogen) atoms. The van der Waals surface area contributed by atoms with Gasteiger partial charge in [-0.25, -0.2) is 4.39 Å². The molecule has 1 aromatic rings. The Morgan fingerprint density at radius 1 is 1.46 bits per heavy atom. The van der Waals surface area contributed by atoms with Gasteiger partial charge in [-0.3, -0.25) is 0 Å². The average Bonchev–Trinajstić information content (AvgIpc) is 2.15. The molecular formula is C10H11ClFN. The van der Waals surface area contributed by atoms with Crippen LogP contribution in [-0.4, -0.2) is 5.88 Å². The first-order valence-electron chi connectivity index (χ1n) is 3.99. The van der Waals surface area contributed by atoms with E-state index in [2.05, 4.69) is 0 Å². The Morgan fingerprint density at radius 3 is 2.77 bits per heavy atom. The van der Waals surface area contributed by atoms with Crippen LogP contribution in [0, 0.1) is 5.82 Å². The number of hydrogen-bond acceptors (Lipinski definition) is 1. The Kier molecular flexibility index (Phi) is 3.93. The number of alkyl halides is 1. The third-order valence-corrected chi connectivity index (χ3v) is 1.87. The van der Waals surface area contributed by atoms with Crippen LogP contribution in [0.15, 0.2) is 24.3 Å². The van der Waals surface area contributed by atoms with Gasteiger partial charge in [-0.1, -0.05) is 24.3 Å². The molecule has 2 N–H and O–H groups in total. The lowest BCUT2D eigenvalue weighted by Crippen LogP contribution is -1.99. The molecular weight excluding hydrogens is 189 g/mol. The number of benzene rings is 1. The number of halogens is 2. The summed E-state index contributed by atoms with van der Waals surface area (Å²) in [6.07, 6.45) is 3.54. The SMILES string of the molecule is NCc1ccc(C=CCCl)cc1F. The molecule has 0 aromatic heterocycles. The first-order valence-corrected chi connectivity index (χ1v) is 4.52. The highest BCUT2D eigenvalue weighted by Crippen LogP contribution is 2.11. The molecule has 0 fully saturated rings. The van der Waals surface area contributed by atoms with Crippen molar-refractivity contribution in [1.82, 2.24) is 0 Å². The van der Waals surface area contributed by atoms with Crippen LogP contribution in [0.25, 0.3) is 6.08 Å². The summed E-state index contributed by atoms with van der Waals surface area (Å²) >= 11 is 5.45. The molecule has 0 amide bonds. The Hall–Kier alpha value is -0.860. The van der Waals surface area contributed by atoms with E-state index in [1.54, 1.807) is 18.2 Å². The van der Waals surface area contributed by atoms with Crippen molar-refractivity contribution in [3.05, 3.63) is 41.2 Å². The molecule has 1 nitrogen and oxygen atoms in total. The minimum atomic E-state index is -0.265. The molecule has 0 saturated heterocycles. The highest BCUT2D eigenvalue weighted by Gasteiger charge is 1.99. The van der Waals surface area contributed by atoms with E-state index in [1.807, 2.05) is 6.07 Å². The van der Waals surface area contributed by atoms with Crippen LogP contribution in [-0.2, 0) is 6.54 Å². The van der Waals surface area contributed by atoms with Crippen molar-refractivity contribution in [3.63, 3.8) is 0 Å². The van der Waals surface area contributed by atoms with E-state index < -0.39 is 0 Å². The van der Waals surface area contributed by atoms with Gasteiger partial charge < -0.3 is 5.73 Å². The van der Waals surface area contributed by atoms with E-state index in [1.165, 1.54) is 6.07 Å². The normalized spacial score (nSPS) is 11.0. The van der Waals surface area contributed by atoms with Gasteiger partial charge in [-0.05, 0) is 11.6 Å². The summed E-state index contributed by atoms with van der Waals surface area (Å²) in [5, 5.41) is 0. The lowest BCUT2D eigenvalue weighted by Gasteiger charge is -2.00. The van der Waals surface area contributed by atoms with Crippen molar-refractivity contribution >= 4 is 17.7 Å². The fourth-order valence-electron chi connectivity index (χ4n) is 1.01. The largest absolute Gasteiger partial charge is 0.326 e. The van der Waals surface area contributed by atoms with E-state index in [0.29, 0.717) is 11.4 Å². The molecule has 70 valence electrons. The maximum atomic E-state index is 13.1. The number of nitrogens with two attached hydrogens (primary N) is 1. The lowest BCUT2D eigenvalue weighted by atomic mass is 10.1. The molecule has 0 atom stereocenters. The first-order chi connectivity index (χ1) is 6.27. The predicted molar refractivity (Wildman–Crippen MR) is 54.0 cm³/mol. The molecule has 0 spiro atoms. The Bertz CT molecular complexity index is 310. The minimum Gasteiger partial charge on any atom is -0.326 e. The van der Waals surface area contributed by atoms with Gasteiger partial charge in [0, 0.05) is 18.0 Å². The maximum Gasteiger partial charge on any atom is 0.128 e. The van der Waals surface area contributed by atoms with Gasteiger partial charge in [0.05, 0.1) is 0 Å². The zero-order chi connectivity index (χ0) is 9.68.